The van der Waals surface area contributed by atoms with Gasteiger partial charge in [-0.15, -0.1) is 11.3 Å². The van der Waals surface area contributed by atoms with Crippen LogP contribution in [0.3, 0.4) is 0 Å². The Kier molecular flexibility index (Phi) is 9.23. The van der Waals surface area contributed by atoms with E-state index in [1.54, 1.807) is 9.80 Å². The molecule has 3 aromatic rings. The van der Waals surface area contributed by atoms with E-state index in [-0.39, 0.29) is 28.1 Å². The number of thiophene rings is 1. The number of carbonyl (C=O) groups is 3. The fraction of sp³-hybridized carbons (Fsp3) is 0.452. The normalized spacial score (nSPS) is 20.3. The molecule has 3 heterocycles. The van der Waals surface area contributed by atoms with Crippen LogP contribution < -0.4 is 10.6 Å². The monoisotopic (exact) mass is 662 g/mol. The van der Waals surface area contributed by atoms with Crippen molar-refractivity contribution in [3.63, 3.8) is 0 Å². The van der Waals surface area contributed by atoms with Gasteiger partial charge in [-0.2, -0.15) is 8.78 Å². The summed E-state index contributed by atoms with van der Waals surface area (Å²) in [6.45, 7) is 7.44. The van der Waals surface area contributed by atoms with Crippen molar-refractivity contribution in [1.29, 1.82) is 0 Å². The first-order chi connectivity index (χ1) is 21.1. The first-order valence-electron chi connectivity index (χ1n) is 14.7. The minimum atomic E-state index is -5.76. The number of piperazine rings is 1. The minimum Gasteiger partial charge on any atom is -0.339 e. The van der Waals surface area contributed by atoms with Gasteiger partial charge in [-0.3, -0.25) is 18.9 Å². The van der Waals surface area contributed by atoms with Gasteiger partial charge in [0.2, 0.25) is 11.8 Å². The maximum absolute atomic E-state index is 14.3. The zero-order valence-electron chi connectivity index (χ0n) is 25.2. The number of nitrogens with one attached hydrogen (secondary N) is 2. The molecule has 0 bridgehead atoms. The summed E-state index contributed by atoms with van der Waals surface area (Å²) in [7, 11) is -5.76. The van der Waals surface area contributed by atoms with E-state index in [0.29, 0.717) is 43.7 Å². The van der Waals surface area contributed by atoms with Gasteiger partial charge in [-0.25, -0.2) is 0 Å². The van der Waals surface area contributed by atoms with Crippen molar-refractivity contribution in [2.75, 3.05) is 26.2 Å². The molecule has 3 amide bonds. The molecule has 0 aliphatic carbocycles. The molecule has 3 atom stereocenters. The molecule has 0 radical (unpaired) electrons. The highest BCUT2D eigenvalue weighted by Crippen LogP contribution is 2.59. The highest BCUT2D eigenvalue weighted by molar-refractivity contribution is 7.52. The number of hydrogen-bond acceptors (Lipinski definition) is 6. The molecule has 2 saturated heterocycles. The Bertz CT molecular complexity index is 1640. The molecule has 1 aromatic heterocycles. The van der Waals surface area contributed by atoms with Gasteiger partial charge >= 0.3 is 13.3 Å². The van der Waals surface area contributed by atoms with E-state index < -0.39 is 42.2 Å². The maximum atomic E-state index is 14.3. The SMILES string of the molecule is CC(C)(C)C(NC(=O)c1cc2cc(C(F)(F)P(=O)(O)O)ccc2s1)C(=O)N1CCCC1C(=O)N1CCNC(c2ccccc2)C1. The Morgan fingerprint density at radius 3 is 2.44 bits per heavy atom. The number of likely N-dealkylation sites (tertiary alicyclic amines) is 1. The van der Waals surface area contributed by atoms with Gasteiger partial charge in [0.25, 0.3) is 5.91 Å². The Balaban J connectivity index is 1.32. The van der Waals surface area contributed by atoms with Crippen LogP contribution in [0.25, 0.3) is 10.1 Å². The summed E-state index contributed by atoms with van der Waals surface area (Å²) in [5, 5.41) is 6.49. The van der Waals surface area contributed by atoms with Crippen LogP contribution in [0.1, 0.15) is 60.5 Å². The average molecular weight is 663 g/mol. The summed E-state index contributed by atoms with van der Waals surface area (Å²) >= 11 is 1.01. The molecule has 45 heavy (non-hydrogen) atoms. The summed E-state index contributed by atoms with van der Waals surface area (Å²) in [5.41, 5.74) is -4.89. The van der Waals surface area contributed by atoms with Crippen molar-refractivity contribution in [2.45, 2.75) is 57.4 Å². The first-order valence-corrected chi connectivity index (χ1v) is 17.2. The molecule has 2 aromatic carbocycles. The van der Waals surface area contributed by atoms with Gasteiger partial charge in [-0.1, -0.05) is 57.2 Å². The van der Waals surface area contributed by atoms with E-state index in [2.05, 4.69) is 10.6 Å². The van der Waals surface area contributed by atoms with Crippen LogP contribution in [0.5, 0.6) is 0 Å². The molecule has 4 N–H and O–H groups in total. The number of carbonyl (C=O) groups excluding carboxylic acids is 3. The Morgan fingerprint density at radius 2 is 1.78 bits per heavy atom. The van der Waals surface area contributed by atoms with Crippen molar-refractivity contribution >= 4 is 46.7 Å². The summed E-state index contributed by atoms with van der Waals surface area (Å²) in [6, 6.07) is 12.7. The van der Waals surface area contributed by atoms with Gasteiger partial charge in [0.15, 0.2) is 0 Å². The second kappa shape index (κ2) is 12.5. The van der Waals surface area contributed by atoms with Gasteiger partial charge in [0.1, 0.15) is 12.1 Å². The molecule has 0 saturated carbocycles. The zero-order chi connectivity index (χ0) is 32.7. The van der Waals surface area contributed by atoms with E-state index in [1.165, 1.54) is 12.1 Å². The second-order valence-corrected chi connectivity index (χ2v) is 15.3. The Morgan fingerprint density at radius 1 is 1.07 bits per heavy atom. The third kappa shape index (κ3) is 6.83. The maximum Gasteiger partial charge on any atom is 0.399 e. The van der Waals surface area contributed by atoms with Crippen LogP contribution in [0.15, 0.2) is 54.6 Å². The van der Waals surface area contributed by atoms with Crippen LogP contribution in [0.2, 0.25) is 0 Å². The molecule has 242 valence electrons. The number of benzene rings is 2. The van der Waals surface area contributed by atoms with Crippen molar-refractivity contribution in [2.24, 2.45) is 5.41 Å². The van der Waals surface area contributed by atoms with E-state index in [0.717, 1.165) is 29.0 Å². The van der Waals surface area contributed by atoms with Gasteiger partial charge < -0.3 is 30.2 Å². The predicted octanol–water partition coefficient (Wildman–Crippen LogP) is 4.44. The van der Waals surface area contributed by atoms with Crippen LogP contribution in [-0.2, 0) is 19.8 Å². The molecular weight excluding hydrogens is 625 g/mol. The number of amides is 3. The number of hydrogen-bond donors (Lipinski definition) is 4. The topological polar surface area (TPSA) is 139 Å². The van der Waals surface area contributed by atoms with E-state index in [9.17, 15) is 27.7 Å². The lowest BCUT2D eigenvalue weighted by Crippen LogP contribution is -2.59. The smallest absolute Gasteiger partial charge is 0.339 e. The first kappa shape index (κ1) is 33.2. The number of alkyl halides is 2. The lowest BCUT2D eigenvalue weighted by Gasteiger charge is -2.39. The molecular formula is C31H37F2N4O6PS. The minimum absolute atomic E-state index is 0.0172. The van der Waals surface area contributed by atoms with Crippen LogP contribution in [0.4, 0.5) is 8.78 Å². The quantitative estimate of drug-likeness (QED) is 0.275. The standard InChI is InChI=1S/C31H37F2N4O6PS/c1-30(2,3)26(35-27(38)25-17-20-16-21(11-12-24(20)45-25)31(32,33)44(41,42)43)29(40)37-14-7-10-23(37)28(39)36-15-13-34-22(18-36)19-8-5-4-6-9-19/h4-6,8-9,11-12,16-17,22-23,26,34H,7,10,13-15,18H2,1-3H3,(H,35,38)(H2,41,42,43). The van der Waals surface area contributed by atoms with Crippen molar-refractivity contribution in [3.05, 3.63) is 70.6 Å². The van der Waals surface area contributed by atoms with Crippen molar-refractivity contribution in [1.82, 2.24) is 20.4 Å². The fourth-order valence-corrected chi connectivity index (χ4v) is 7.31. The molecule has 5 rings (SSSR count). The fourth-order valence-electron chi connectivity index (χ4n) is 5.88. The second-order valence-electron chi connectivity index (χ2n) is 12.6. The van der Waals surface area contributed by atoms with E-state index in [4.69, 9.17) is 9.79 Å². The lowest BCUT2D eigenvalue weighted by molar-refractivity contribution is -0.146. The zero-order valence-corrected chi connectivity index (χ0v) is 26.9. The highest BCUT2D eigenvalue weighted by atomic mass is 32.1. The third-order valence-electron chi connectivity index (χ3n) is 8.35. The van der Waals surface area contributed by atoms with Gasteiger partial charge in [-0.05, 0) is 47.4 Å². The molecule has 2 aliphatic rings. The molecule has 14 heteroatoms. The Hall–Kier alpha value is -3.22. The van der Waals surface area contributed by atoms with Crippen molar-refractivity contribution in [3.8, 4) is 0 Å². The Labute approximate surface area is 263 Å². The van der Waals surface area contributed by atoms with Crippen LogP contribution >= 0.6 is 18.9 Å². The summed E-state index contributed by atoms with van der Waals surface area (Å²) in [4.78, 5) is 63.0. The summed E-state index contributed by atoms with van der Waals surface area (Å²) in [5.74, 6) is -1.08. The van der Waals surface area contributed by atoms with Gasteiger partial charge in [0, 0.05) is 42.5 Å². The highest BCUT2D eigenvalue weighted by Gasteiger charge is 2.50. The van der Waals surface area contributed by atoms with Gasteiger partial charge in [0.05, 0.1) is 4.88 Å². The number of rotatable bonds is 7. The van der Waals surface area contributed by atoms with Crippen molar-refractivity contribution < 1.29 is 37.5 Å². The number of halogens is 2. The largest absolute Gasteiger partial charge is 0.399 e. The lowest BCUT2D eigenvalue weighted by atomic mass is 9.85. The number of nitrogens with zero attached hydrogens (tertiary/aromatic N) is 2. The third-order valence-corrected chi connectivity index (χ3v) is 10.5. The molecule has 10 nitrogen and oxygen atoms in total. The predicted molar refractivity (Wildman–Crippen MR) is 167 cm³/mol. The van der Waals surface area contributed by atoms with Crippen LogP contribution in [-0.4, -0.2) is 75.6 Å². The number of fused-ring (bicyclic) bond motifs is 1. The average Bonchev–Trinajstić information content (AvgIpc) is 3.66. The molecule has 2 fully saturated rings. The van der Waals surface area contributed by atoms with Crippen LogP contribution in [0, 0.1) is 5.41 Å². The summed E-state index contributed by atoms with van der Waals surface area (Å²) in [6.07, 6.45) is 1.17. The van der Waals surface area contributed by atoms with E-state index in [1.807, 2.05) is 51.1 Å². The molecule has 0 spiro atoms. The molecule has 3 unspecified atom stereocenters. The van der Waals surface area contributed by atoms with E-state index >= 15 is 0 Å². The molecule has 2 aliphatic heterocycles. The summed E-state index contributed by atoms with van der Waals surface area (Å²) < 4.78 is 40.4.